The van der Waals surface area contributed by atoms with Gasteiger partial charge in [0, 0.05) is 25.0 Å². The first-order valence-electron chi connectivity index (χ1n) is 5.68. The van der Waals surface area contributed by atoms with Gasteiger partial charge in [0.1, 0.15) is 0 Å². The van der Waals surface area contributed by atoms with Gasteiger partial charge < -0.3 is 9.88 Å². The predicted molar refractivity (Wildman–Crippen MR) is 58.4 cm³/mol. The molecule has 1 aromatic rings. The van der Waals surface area contributed by atoms with E-state index in [4.69, 9.17) is 0 Å². The number of hydrogen-bond donors (Lipinski definition) is 1. The maximum absolute atomic E-state index is 4.33. The van der Waals surface area contributed by atoms with Crippen LogP contribution in [0.4, 0.5) is 5.95 Å². The van der Waals surface area contributed by atoms with E-state index < -0.39 is 0 Å². The number of nitrogens with zero attached hydrogens (tertiary/aromatic N) is 2. The van der Waals surface area contributed by atoms with Crippen LogP contribution < -0.4 is 5.32 Å². The van der Waals surface area contributed by atoms with E-state index in [1.54, 1.807) is 0 Å². The normalized spacial score (nSPS) is 18.4. The van der Waals surface area contributed by atoms with Gasteiger partial charge in [-0.2, -0.15) is 0 Å². The lowest BCUT2D eigenvalue weighted by Gasteiger charge is -2.23. The Morgan fingerprint density at radius 2 is 2.21 bits per heavy atom. The van der Waals surface area contributed by atoms with Crippen LogP contribution in [0.1, 0.15) is 39.0 Å². The number of anilines is 1. The molecule has 1 aromatic heterocycles. The summed E-state index contributed by atoms with van der Waals surface area (Å²) in [6.45, 7) is 3.14. The van der Waals surface area contributed by atoms with Gasteiger partial charge in [-0.1, -0.05) is 19.3 Å². The van der Waals surface area contributed by atoms with E-state index in [0.717, 1.165) is 12.5 Å². The highest BCUT2D eigenvalue weighted by Crippen LogP contribution is 2.20. The summed E-state index contributed by atoms with van der Waals surface area (Å²) in [7, 11) is 0. The van der Waals surface area contributed by atoms with Crippen molar-refractivity contribution in [1.29, 1.82) is 0 Å². The molecule has 0 bridgehead atoms. The van der Waals surface area contributed by atoms with E-state index in [-0.39, 0.29) is 0 Å². The summed E-state index contributed by atoms with van der Waals surface area (Å²) in [5.74, 6) is 1.04. The molecule has 0 aliphatic heterocycles. The summed E-state index contributed by atoms with van der Waals surface area (Å²) in [5.41, 5.74) is 0. The molecule has 1 aliphatic rings. The Morgan fingerprint density at radius 1 is 1.43 bits per heavy atom. The van der Waals surface area contributed by atoms with E-state index in [2.05, 4.69) is 21.8 Å². The fourth-order valence-corrected chi connectivity index (χ4v) is 2.13. The third-order valence-corrected chi connectivity index (χ3v) is 2.99. The van der Waals surface area contributed by atoms with Gasteiger partial charge in [0.15, 0.2) is 0 Å². The number of aromatic nitrogens is 2. The van der Waals surface area contributed by atoms with Crippen LogP contribution in [0.3, 0.4) is 0 Å². The first-order chi connectivity index (χ1) is 6.90. The van der Waals surface area contributed by atoms with Crippen molar-refractivity contribution in [3.8, 4) is 0 Å². The zero-order chi connectivity index (χ0) is 9.80. The lowest BCUT2D eigenvalue weighted by molar-refractivity contribution is 0.459. The van der Waals surface area contributed by atoms with Gasteiger partial charge in [0.2, 0.25) is 5.95 Å². The lowest BCUT2D eigenvalue weighted by Crippen LogP contribution is -2.24. The van der Waals surface area contributed by atoms with Crippen LogP contribution >= 0.6 is 0 Å². The van der Waals surface area contributed by atoms with Crippen molar-refractivity contribution in [3.05, 3.63) is 12.4 Å². The number of aryl methyl sites for hydroxylation is 1. The van der Waals surface area contributed by atoms with Gasteiger partial charge in [-0.05, 0) is 19.8 Å². The van der Waals surface area contributed by atoms with E-state index in [1.807, 2.05) is 12.4 Å². The van der Waals surface area contributed by atoms with Crippen LogP contribution in [-0.4, -0.2) is 15.6 Å². The third-order valence-electron chi connectivity index (χ3n) is 2.99. The van der Waals surface area contributed by atoms with Crippen molar-refractivity contribution < 1.29 is 0 Å². The zero-order valence-electron chi connectivity index (χ0n) is 8.87. The maximum atomic E-state index is 4.33. The monoisotopic (exact) mass is 193 g/mol. The molecule has 2 rings (SSSR count). The molecule has 3 nitrogen and oxygen atoms in total. The molecule has 1 fully saturated rings. The van der Waals surface area contributed by atoms with Gasteiger partial charge in [-0.25, -0.2) is 4.98 Å². The second-order valence-corrected chi connectivity index (χ2v) is 4.02. The highest BCUT2D eigenvalue weighted by Gasteiger charge is 2.14. The molecule has 78 valence electrons. The Morgan fingerprint density at radius 3 is 2.93 bits per heavy atom. The Bertz CT molecular complexity index is 274. The molecule has 1 heterocycles. The molecule has 3 heteroatoms. The highest BCUT2D eigenvalue weighted by molar-refractivity contribution is 5.27. The highest BCUT2D eigenvalue weighted by atomic mass is 15.2. The predicted octanol–water partition coefficient (Wildman–Crippen LogP) is 2.65. The Balaban J connectivity index is 1.95. The minimum atomic E-state index is 0.649. The Kier molecular flexibility index (Phi) is 3.07. The van der Waals surface area contributed by atoms with Crippen LogP contribution in [0.5, 0.6) is 0 Å². The minimum absolute atomic E-state index is 0.649. The molecule has 0 amide bonds. The van der Waals surface area contributed by atoms with E-state index in [1.165, 1.54) is 32.1 Å². The van der Waals surface area contributed by atoms with Crippen LogP contribution in [0.15, 0.2) is 12.4 Å². The van der Waals surface area contributed by atoms with Crippen molar-refractivity contribution in [1.82, 2.24) is 9.55 Å². The van der Waals surface area contributed by atoms with E-state index in [9.17, 15) is 0 Å². The van der Waals surface area contributed by atoms with Crippen LogP contribution in [0.2, 0.25) is 0 Å². The van der Waals surface area contributed by atoms with Crippen LogP contribution in [0.25, 0.3) is 0 Å². The molecule has 0 atom stereocenters. The second kappa shape index (κ2) is 4.49. The van der Waals surface area contributed by atoms with Gasteiger partial charge in [0.05, 0.1) is 0 Å². The number of imidazole rings is 1. The summed E-state index contributed by atoms with van der Waals surface area (Å²) in [4.78, 5) is 4.33. The van der Waals surface area contributed by atoms with Gasteiger partial charge in [0.25, 0.3) is 0 Å². The number of rotatable bonds is 3. The molecule has 1 aliphatic carbocycles. The van der Waals surface area contributed by atoms with Crippen molar-refractivity contribution in [2.45, 2.75) is 51.6 Å². The SMILES string of the molecule is CCn1ccnc1NC1CCCCC1. The quantitative estimate of drug-likeness (QED) is 0.799. The Hall–Kier alpha value is -0.990. The lowest BCUT2D eigenvalue weighted by atomic mass is 9.96. The molecule has 0 saturated heterocycles. The van der Waals surface area contributed by atoms with Crippen LogP contribution in [0, 0.1) is 0 Å². The maximum Gasteiger partial charge on any atom is 0.202 e. The fraction of sp³-hybridized carbons (Fsp3) is 0.727. The first-order valence-corrected chi connectivity index (χ1v) is 5.68. The molecular formula is C11H19N3. The molecule has 0 unspecified atom stereocenters. The second-order valence-electron chi connectivity index (χ2n) is 4.02. The van der Waals surface area contributed by atoms with Gasteiger partial charge >= 0.3 is 0 Å². The molecule has 1 saturated carbocycles. The minimum Gasteiger partial charge on any atom is -0.353 e. The topological polar surface area (TPSA) is 29.9 Å². The summed E-state index contributed by atoms with van der Waals surface area (Å²) >= 11 is 0. The van der Waals surface area contributed by atoms with Crippen LogP contribution in [-0.2, 0) is 6.54 Å². The molecule has 1 N–H and O–H groups in total. The zero-order valence-corrected chi connectivity index (χ0v) is 8.87. The van der Waals surface area contributed by atoms with Gasteiger partial charge in [-0.3, -0.25) is 0 Å². The molecular weight excluding hydrogens is 174 g/mol. The Labute approximate surface area is 85.5 Å². The largest absolute Gasteiger partial charge is 0.353 e. The standard InChI is InChI=1S/C11H19N3/c1-2-14-9-8-12-11(14)13-10-6-4-3-5-7-10/h8-10H,2-7H2,1H3,(H,12,13). The van der Waals surface area contributed by atoms with Crippen molar-refractivity contribution >= 4 is 5.95 Å². The first kappa shape index (κ1) is 9.56. The van der Waals surface area contributed by atoms with Gasteiger partial charge in [-0.15, -0.1) is 0 Å². The van der Waals surface area contributed by atoms with Crippen molar-refractivity contribution in [3.63, 3.8) is 0 Å². The smallest absolute Gasteiger partial charge is 0.202 e. The van der Waals surface area contributed by atoms with Crippen molar-refractivity contribution in [2.75, 3.05) is 5.32 Å². The van der Waals surface area contributed by atoms with E-state index in [0.29, 0.717) is 6.04 Å². The molecule has 0 radical (unpaired) electrons. The summed E-state index contributed by atoms with van der Waals surface area (Å²) < 4.78 is 2.16. The molecule has 0 aromatic carbocycles. The van der Waals surface area contributed by atoms with E-state index >= 15 is 0 Å². The fourth-order valence-electron chi connectivity index (χ4n) is 2.13. The average molecular weight is 193 g/mol. The van der Waals surface area contributed by atoms with Crippen molar-refractivity contribution in [2.24, 2.45) is 0 Å². The summed E-state index contributed by atoms with van der Waals surface area (Å²) in [6, 6.07) is 0.649. The summed E-state index contributed by atoms with van der Waals surface area (Å²) in [6.07, 6.45) is 10.6. The molecule has 0 spiro atoms. The summed E-state index contributed by atoms with van der Waals surface area (Å²) in [5, 5.41) is 3.53. The third kappa shape index (κ3) is 2.08. The number of hydrogen-bond acceptors (Lipinski definition) is 2. The number of nitrogens with one attached hydrogen (secondary N) is 1. The molecule has 14 heavy (non-hydrogen) atoms. The average Bonchev–Trinajstić information content (AvgIpc) is 2.67.